The lowest BCUT2D eigenvalue weighted by Crippen LogP contribution is -1.94. The van der Waals surface area contributed by atoms with Crippen molar-refractivity contribution < 1.29 is 4.74 Å². The summed E-state index contributed by atoms with van der Waals surface area (Å²) < 4.78 is 7.68. The van der Waals surface area contributed by atoms with E-state index in [-0.39, 0.29) is 0 Å². The van der Waals surface area contributed by atoms with Gasteiger partial charge >= 0.3 is 0 Å². The Hall–Kier alpha value is -0.710. The van der Waals surface area contributed by atoms with E-state index < -0.39 is 0 Å². The number of hydrogen-bond acceptors (Lipinski definition) is 2. The van der Waals surface area contributed by atoms with E-state index in [2.05, 4.69) is 36.8 Å². The maximum Gasteiger partial charge on any atom is 0.0736 e. The van der Waals surface area contributed by atoms with Gasteiger partial charge in [-0.3, -0.25) is 4.98 Å². The zero-order chi connectivity index (χ0) is 12.1. The minimum Gasteiger partial charge on any atom is -0.372 e. The van der Waals surface area contributed by atoms with E-state index in [0.29, 0.717) is 13.2 Å². The number of pyridine rings is 1. The van der Waals surface area contributed by atoms with Crippen LogP contribution in [0.3, 0.4) is 0 Å². The molecule has 4 heteroatoms. The highest BCUT2D eigenvalue weighted by atomic mass is 79.9. The van der Waals surface area contributed by atoms with Crippen LogP contribution in [0.15, 0.2) is 51.7 Å². The fourth-order valence-corrected chi connectivity index (χ4v) is 2.08. The quantitative estimate of drug-likeness (QED) is 0.813. The van der Waals surface area contributed by atoms with Gasteiger partial charge in [-0.25, -0.2) is 0 Å². The van der Waals surface area contributed by atoms with Gasteiger partial charge in [0.15, 0.2) is 0 Å². The van der Waals surface area contributed by atoms with Crippen LogP contribution in [0.5, 0.6) is 0 Å². The molecule has 17 heavy (non-hydrogen) atoms. The molecule has 0 fully saturated rings. The van der Waals surface area contributed by atoms with E-state index in [4.69, 9.17) is 4.74 Å². The lowest BCUT2D eigenvalue weighted by Gasteiger charge is -2.04. The van der Waals surface area contributed by atoms with Crippen LogP contribution in [-0.2, 0) is 18.0 Å². The van der Waals surface area contributed by atoms with Crippen LogP contribution in [0.2, 0.25) is 0 Å². The molecule has 0 aliphatic rings. The lowest BCUT2D eigenvalue weighted by molar-refractivity contribution is 0.107. The van der Waals surface area contributed by atoms with Gasteiger partial charge in [0.05, 0.1) is 13.2 Å². The number of rotatable bonds is 4. The van der Waals surface area contributed by atoms with Crippen molar-refractivity contribution in [2.45, 2.75) is 13.2 Å². The predicted molar refractivity (Wildman–Crippen MR) is 74.6 cm³/mol. The second-order valence-corrected chi connectivity index (χ2v) is 5.46. The first-order valence-electron chi connectivity index (χ1n) is 5.15. The Morgan fingerprint density at radius 3 is 2.29 bits per heavy atom. The molecular formula is C13H11Br2NO. The third-order valence-electron chi connectivity index (χ3n) is 2.21. The van der Waals surface area contributed by atoms with Crippen molar-refractivity contribution in [3.8, 4) is 0 Å². The molecule has 2 aromatic rings. The third kappa shape index (κ3) is 4.22. The van der Waals surface area contributed by atoms with Crippen LogP contribution >= 0.6 is 31.9 Å². The minimum atomic E-state index is 0.572. The number of ether oxygens (including phenoxy) is 1. The van der Waals surface area contributed by atoms with Crippen molar-refractivity contribution in [2.24, 2.45) is 0 Å². The van der Waals surface area contributed by atoms with Crippen molar-refractivity contribution >= 4 is 31.9 Å². The highest BCUT2D eigenvalue weighted by Crippen LogP contribution is 2.13. The summed E-state index contributed by atoms with van der Waals surface area (Å²) in [7, 11) is 0. The maximum atomic E-state index is 5.62. The van der Waals surface area contributed by atoms with Gasteiger partial charge in [0.2, 0.25) is 0 Å². The molecule has 0 unspecified atom stereocenters. The minimum absolute atomic E-state index is 0.572. The van der Waals surface area contributed by atoms with Crippen molar-refractivity contribution in [3.05, 3.63) is 62.8 Å². The van der Waals surface area contributed by atoms with Crippen LogP contribution in [0.25, 0.3) is 0 Å². The summed E-state index contributed by atoms with van der Waals surface area (Å²) >= 11 is 6.79. The van der Waals surface area contributed by atoms with Gasteiger partial charge in [-0.05, 0) is 45.3 Å². The molecular weight excluding hydrogens is 346 g/mol. The Kier molecular flexibility index (Phi) is 4.71. The second kappa shape index (κ2) is 6.28. The maximum absolute atomic E-state index is 5.62. The molecule has 1 aromatic heterocycles. The van der Waals surface area contributed by atoms with Gasteiger partial charge in [-0.1, -0.05) is 28.1 Å². The molecule has 2 rings (SSSR count). The first-order valence-corrected chi connectivity index (χ1v) is 6.74. The Morgan fingerprint density at radius 1 is 0.882 bits per heavy atom. The average molecular weight is 357 g/mol. The Bertz CT molecular complexity index is 485. The number of hydrogen-bond donors (Lipinski definition) is 0. The summed E-state index contributed by atoms with van der Waals surface area (Å²) in [5, 5.41) is 0. The van der Waals surface area contributed by atoms with Gasteiger partial charge in [0, 0.05) is 21.3 Å². The SMILES string of the molecule is Brc1ccc(COCc2cncc(Br)c2)cc1. The van der Waals surface area contributed by atoms with E-state index in [1.165, 1.54) is 0 Å². The molecule has 0 saturated carbocycles. The third-order valence-corrected chi connectivity index (χ3v) is 3.17. The zero-order valence-electron chi connectivity index (χ0n) is 9.07. The Labute approximate surface area is 117 Å². The summed E-state index contributed by atoms with van der Waals surface area (Å²) in [6, 6.07) is 10.1. The number of aromatic nitrogens is 1. The van der Waals surface area contributed by atoms with Gasteiger partial charge in [0.25, 0.3) is 0 Å². The van der Waals surface area contributed by atoms with E-state index in [0.717, 1.165) is 20.1 Å². The van der Waals surface area contributed by atoms with Crippen molar-refractivity contribution in [3.63, 3.8) is 0 Å². The van der Waals surface area contributed by atoms with E-state index in [9.17, 15) is 0 Å². The van der Waals surface area contributed by atoms with Crippen LogP contribution in [-0.4, -0.2) is 4.98 Å². The zero-order valence-corrected chi connectivity index (χ0v) is 12.2. The fourth-order valence-electron chi connectivity index (χ4n) is 1.40. The smallest absolute Gasteiger partial charge is 0.0736 e. The van der Waals surface area contributed by atoms with E-state index in [1.54, 1.807) is 6.20 Å². The molecule has 0 radical (unpaired) electrons. The van der Waals surface area contributed by atoms with Crippen molar-refractivity contribution in [1.29, 1.82) is 0 Å². The molecule has 0 aliphatic heterocycles. The average Bonchev–Trinajstić information content (AvgIpc) is 2.32. The van der Waals surface area contributed by atoms with Gasteiger partial charge in [-0.2, -0.15) is 0 Å². The molecule has 0 atom stereocenters. The fraction of sp³-hybridized carbons (Fsp3) is 0.154. The lowest BCUT2D eigenvalue weighted by atomic mass is 10.2. The number of benzene rings is 1. The van der Waals surface area contributed by atoms with E-state index >= 15 is 0 Å². The van der Waals surface area contributed by atoms with E-state index in [1.807, 2.05) is 36.5 Å². The summed E-state index contributed by atoms with van der Waals surface area (Å²) in [5.41, 5.74) is 2.23. The number of nitrogens with zero attached hydrogens (tertiary/aromatic N) is 1. The van der Waals surface area contributed by atoms with Crippen LogP contribution in [0.1, 0.15) is 11.1 Å². The van der Waals surface area contributed by atoms with Crippen molar-refractivity contribution in [2.75, 3.05) is 0 Å². The monoisotopic (exact) mass is 355 g/mol. The molecule has 2 nitrogen and oxygen atoms in total. The molecule has 0 spiro atoms. The molecule has 1 heterocycles. The van der Waals surface area contributed by atoms with Crippen LogP contribution < -0.4 is 0 Å². The normalized spacial score (nSPS) is 10.5. The van der Waals surface area contributed by atoms with Crippen molar-refractivity contribution in [1.82, 2.24) is 4.98 Å². The topological polar surface area (TPSA) is 22.1 Å². The molecule has 0 aliphatic carbocycles. The van der Waals surface area contributed by atoms with Gasteiger partial charge in [0.1, 0.15) is 0 Å². The summed E-state index contributed by atoms with van der Waals surface area (Å²) in [6.07, 6.45) is 3.57. The van der Waals surface area contributed by atoms with Gasteiger partial charge in [-0.15, -0.1) is 0 Å². The highest BCUT2D eigenvalue weighted by Gasteiger charge is 1.97. The second-order valence-electron chi connectivity index (χ2n) is 3.63. The van der Waals surface area contributed by atoms with Crippen LogP contribution in [0, 0.1) is 0 Å². The Balaban J connectivity index is 1.85. The van der Waals surface area contributed by atoms with Crippen LogP contribution in [0.4, 0.5) is 0 Å². The first kappa shape index (κ1) is 12.7. The standard InChI is InChI=1S/C13H11Br2NO/c14-12-3-1-10(2-4-12)8-17-9-11-5-13(15)7-16-6-11/h1-7H,8-9H2. The molecule has 88 valence electrons. The molecule has 0 N–H and O–H groups in total. The Morgan fingerprint density at radius 2 is 1.59 bits per heavy atom. The number of halogens is 2. The molecule has 1 aromatic carbocycles. The highest BCUT2D eigenvalue weighted by molar-refractivity contribution is 9.10. The molecule has 0 amide bonds. The van der Waals surface area contributed by atoms with Gasteiger partial charge < -0.3 is 4.74 Å². The largest absolute Gasteiger partial charge is 0.372 e. The molecule has 0 bridgehead atoms. The summed E-state index contributed by atoms with van der Waals surface area (Å²) in [5.74, 6) is 0. The molecule has 0 saturated heterocycles. The predicted octanol–water partition coefficient (Wildman–Crippen LogP) is 4.32. The summed E-state index contributed by atoms with van der Waals surface area (Å²) in [4.78, 5) is 4.09. The first-order chi connectivity index (χ1) is 8.24. The summed E-state index contributed by atoms with van der Waals surface area (Å²) in [6.45, 7) is 1.18.